The van der Waals surface area contributed by atoms with Crippen molar-refractivity contribution in [3.05, 3.63) is 0 Å². The summed E-state index contributed by atoms with van der Waals surface area (Å²) >= 11 is 1.83. The van der Waals surface area contributed by atoms with Crippen LogP contribution < -0.4 is 10.6 Å². The first-order valence-corrected chi connectivity index (χ1v) is 7.54. The van der Waals surface area contributed by atoms with E-state index in [9.17, 15) is 4.79 Å². The number of carbonyl (C=O) groups excluding carboxylic acids is 1. The van der Waals surface area contributed by atoms with E-state index in [0.29, 0.717) is 19.7 Å². The number of hydrogen-bond acceptors (Lipinski definition) is 5. The molecule has 0 saturated carbocycles. The Labute approximate surface area is 126 Å². The first-order chi connectivity index (χ1) is 8.72. The number of methoxy groups -OCH3 is 1. The third-order valence-corrected chi connectivity index (χ3v) is 4.63. The molecule has 1 aliphatic heterocycles. The summed E-state index contributed by atoms with van der Waals surface area (Å²) in [7, 11) is 1.65. The van der Waals surface area contributed by atoms with Crippen LogP contribution >= 0.6 is 24.2 Å². The molecule has 1 heterocycles. The molecule has 0 aromatic carbocycles. The number of thioether (sulfide) groups is 1. The number of nitrogens with one attached hydrogen (secondary N) is 2. The van der Waals surface area contributed by atoms with Crippen molar-refractivity contribution < 1.29 is 14.3 Å². The van der Waals surface area contributed by atoms with Crippen LogP contribution in [-0.4, -0.2) is 63.5 Å². The summed E-state index contributed by atoms with van der Waals surface area (Å²) in [5.74, 6) is 0.0472. The van der Waals surface area contributed by atoms with E-state index in [4.69, 9.17) is 9.47 Å². The largest absolute Gasteiger partial charge is 0.383 e. The van der Waals surface area contributed by atoms with E-state index >= 15 is 0 Å². The lowest BCUT2D eigenvalue weighted by Gasteiger charge is -2.35. The van der Waals surface area contributed by atoms with Crippen LogP contribution in [0.1, 0.15) is 12.8 Å². The molecule has 1 saturated heterocycles. The lowest BCUT2D eigenvalue weighted by Crippen LogP contribution is -2.46. The van der Waals surface area contributed by atoms with Crippen molar-refractivity contribution in [2.24, 2.45) is 0 Å². The number of hydrogen-bond donors (Lipinski definition) is 2. The van der Waals surface area contributed by atoms with Crippen molar-refractivity contribution >= 4 is 30.1 Å². The maximum absolute atomic E-state index is 11.7. The van der Waals surface area contributed by atoms with Crippen LogP contribution in [0, 0.1) is 0 Å². The molecule has 1 rings (SSSR count). The summed E-state index contributed by atoms with van der Waals surface area (Å²) in [4.78, 5) is 11.7. The van der Waals surface area contributed by atoms with Gasteiger partial charge < -0.3 is 20.1 Å². The van der Waals surface area contributed by atoms with Gasteiger partial charge in [0, 0.05) is 38.2 Å². The lowest BCUT2D eigenvalue weighted by molar-refractivity contribution is -0.120. The second-order valence-electron chi connectivity index (χ2n) is 4.45. The molecular weight excluding hydrogens is 288 g/mol. The first kappa shape index (κ1) is 19.0. The Balaban J connectivity index is 0.00000324. The Kier molecular flexibility index (Phi) is 10.7. The summed E-state index contributed by atoms with van der Waals surface area (Å²) in [5.41, 5.74) is 0. The van der Waals surface area contributed by atoms with Crippen molar-refractivity contribution in [3.8, 4) is 0 Å². The van der Waals surface area contributed by atoms with Gasteiger partial charge in [0.1, 0.15) is 0 Å². The fourth-order valence-corrected chi connectivity index (χ4v) is 2.69. The van der Waals surface area contributed by atoms with Crippen LogP contribution in [0.5, 0.6) is 0 Å². The molecule has 19 heavy (non-hydrogen) atoms. The highest BCUT2D eigenvalue weighted by Crippen LogP contribution is 2.32. The number of rotatable bonds is 8. The van der Waals surface area contributed by atoms with Gasteiger partial charge in [0.05, 0.1) is 13.2 Å². The summed E-state index contributed by atoms with van der Waals surface area (Å²) in [5, 5.41) is 6.04. The predicted molar refractivity (Wildman–Crippen MR) is 81.3 cm³/mol. The van der Waals surface area contributed by atoms with Gasteiger partial charge in [0.25, 0.3) is 0 Å². The maximum atomic E-state index is 11.7. The average Bonchev–Trinajstić information content (AvgIpc) is 2.42. The normalized spacial score (nSPS) is 17.6. The van der Waals surface area contributed by atoms with Gasteiger partial charge in [0.15, 0.2) is 0 Å². The van der Waals surface area contributed by atoms with Gasteiger partial charge in [-0.25, -0.2) is 0 Å². The minimum atomic E-state index is 0. The van der Waals surface area contributed by atoms with E-state index in [2.05, 4.69) is 16.9 Å². The molecule has 0 aromatic heterocycles. The number of amides is 1. The van der Waals surface area contributed by atoms with E-state index in [0.717, 1.165) is 32.6 Å². The Morgan fingerprint density at radius 2 is 2.11 bits per heavy atom. The molecular formula is C12H25ClN2O3S. The zero-order valence-corrected chi connectivity index (χ0v) is 13.3. The fraction of sp³-hybridized carbons (Fsp3) is 0.917. The molecule has 0 radical (unpaired) electrons. The van der Waals surface area contributed by atoms with Gasteiger partial charge in [-0.1, -0.05) is 0 Å². The summed E-state index contributed by atoms with van der Waals surface area (Å²) in [6.45, 7) is 3.99. The van der Waals surface area contributed by atoms with Gasteiger partial charge in [-0.3, -0.25) is 4.79 Å². The van der Waals surface area contributed by atoms with Gasteiger partial charge in [0.2, 0.25) is 5.91 Å². The second-order valence-corrected chi connectivity index (χ2v) is 5.72. The molecule has 0 spiro atoms. The zero-order chi connectivity index (χ0) is 13.3. The van der Waals surface area contributed by atoms with Crippen molar-refractivity contribution in [1.82, 2.24) is 10.6 Å². The van der Waals surface area contributed by atoms with E-state index in [1.54, 1.807) is 7.11 Å². The quantitative estimate of drug-likeness (QED) is 0.645. The van der Waals surface area contributed by atoms with Gasteiger partial charge in [-0.15, -0.1) is 12.4 Å². The van der Waals surface area contributed by atoms with Gasteiger partial charge in [-0.05, 0) is 19.1 Å². The zero-order valence-electron chi connectivity index (χ0n) is 11.7. The monoisotopic (exact) mass is 312 g/mol. The molecule has 1 aliphatic rings. The smallest absolute Gasteiger partial charge is 0.234 e. The number of carbonyl (C=O) groups is 1. The predicted octanol–water partition coefficient (Wildman–Crippen LogP) is 0.673. The molecule has 5 nitrogen and oxygen atoms in total. The third-order valence-electron chi connectivity index (χ3n) is 3.21. The van der Waals surface area contributed by atoms with Crippen LogP contribution in [0.15, 0.2) is 0 Å². The molecule has 1 amide bonds. The molecule has 0 unspecified atom stereocenters. The van der Waals surface area contributed by atoms with Crippen LogP contribution in [0.3, 0.4) is 0 Å². The molecule has 2 N–H and O–H groups in total. The Bertz CT molecular complexity index is 251. The Morgan fingerprint density at radius 3 is 2.68 bits per heavy atom. The van der Waals surface area contributed by atoms with Crippen LogP contribution in [-0.2, 0) is 14.3 Å². The summed E-state index contributed by atoms with van der Waals surface area (Å²) in [6, 6.07) is 0. The second kappa shape index (κ2) is 10.7. The molecule has 7 heteroatoms. The Morgan fingerprint density at radius 1 is 1.42 bits per heavy atom. The van der Waals surface area contributed by atoms with Crippen LogP contribution in [0.25, 0.3) is 0 Å². The molecule has 0 aliphatic carbocycles. The highest BCUT2D eigenvalue weighted by molar-refractivity contribution is 8.00. The first-order valence-electron chi connectivity index (χ1n) is 6.32. The van der Waals surface area contributed by atoms with Crippen molar-refractivity contribution in [1.29, 1.82) is 0 Å². The van der Waals surface area contributed by atoms with E-state index in [-0.39, 0.29) is 23.1 Å². The Hall–Kier alpha value is -0.0100. The summed E-state index contributed by atoms with van der Waals surface area (Å²) in [6.07, 6.45) is 4.12. The van der Waals surface area contributed by atoms with Crippen molar-refractivity contribution in [2.75, 3.05) is 52.8 Å². The lowest BCUT2D eigenvalue weighted by atomic mass is 9.99. The van der Waals surface area contributed by atoms with E-state index in [1.165, 1.54) is 0 Å². The van der Waals surface area contributed by atoms with Gasteiger partial charge >= 0.3 is 0 Å². The van der Waals surface area contributed by atoms with Crippen LogP contribution in [0.4, 0.5) is 0 Å². The molecule has 114 valence electrons. The SMILES string of the molecule is COCCNCC(=O)NCC1(SC)CCOCC1.Cl. The van der Waals surface area contributed by atoms with Crippen molar-refractivity contribution in [2.45, 2.75) is 17.6 Å². The molecule has 1 fully saturated rings. The minimum Gasteiger partial charge on any atom is -0.383 e. The molecule has 0 atom stereocenters. The summed E-state index contributed by atoms with van der Waals surface area (Å²) < 4.78 is 10.4. The standard InChI is InChI=1S/C12H24N2O3S.ClH/c1-16-8-5-13-9-11(15)14-10-12(18-2)3-6-17-7-4-12;/h13H,3-10H2,1-2H3,(H,14,15);1H. The number of halogens is 1. The van der Waals surface area contributed by atoms with Crippen LogP contribution in [0.2, 0.25) is 0 Å². The highest BCUT2D eigenvalue weighted by Gasteiger charge is 2.31. The maximum Gasteiger partial charge on any atom is 0.234 e. The van der Waals surface area contributed by atoms with Crippen molar-refractivity contribution in [3.63, 3.8) is 0 Å². The average molecular weight is 313 g/mol. The minimum absolute atomic E-state index is 0. The van der Waals surface area contributed by atoms with Gasteiger partial charge in [-0.2, -0.15) is 11.8 Å². The molecule has 0 aromatic rings. The van der Waals surface area contributed by atoms with E-state index < -0.39 is 0 Å². The fourth-order valence-electron chi connectivity index (χ4n) is 1.89. The third kappa shape index (κ3) is 7.37. The topological polar surface area (TPSA) is 59.6 Å². The number of ether oxygens (including phenoxy) is 2. The highest BCUT2D eigenvalue weighted by atomic mass is 35.5. The van der Waals surface area contributed by atoms with E-state index in [1.807, 2.05) is 11.8 Å². The molecule has 0 bridgehead atoms.